The molecule has 0 radical (unpaired) electrons. The van der Waals surface area contributed by atoms with Crippen LogP contribution in [0.3, 0.4) is 0 Å². The lowest BCUT2D eigenvalue weighted by atomic mass is 9.67. The molecule has 2 saturated heterocycles. The van der Waals surface area contributed by atoms with Crippen molar-refractivity contribution in [2.24, 2.45) is 23.7 Å². The first-order valence-electron chi connectivity index (χ1n) is 11.6. The van der Waals surface area contributed by atoms with E-state index < -0.39 is 0 Å². The number of hydrogen-bond acceptors (Lipinski definition) is 4. The Morgan fingerprint density at radius 3 is 2.65 bits per heavy atom. The second kappa shape index (κ2) is 8.89. The number of fused-ring (bicyclic) bond motifs is 1. The lowest BCUT2D eigenvalue weighted by Crippen LogP contribution is -2.61. The van der Waals surface area contributed by atoms with Crippen molar-refractivity contribution >= 4 is 0 Å². The Hall–Kier alpha value is -0.160. The van der Waals surface area contributed by atoms with Crippen molar-refractivity contribution in [2.45, 2.75) is 95.4 Å². The molecule has 0 bridgehead atoms. The summed E-state index contributed by atoms with van der Waals surface area (Å²) in [5.74, 6) is 2.66. The zero-order valence-corrected chi connectivity index (χ0v) is 16.8. The van der Waals surface area contributed by atoms with Crippen molar-refractivity contribution in [1.82, 2.24) is 16.0 Å². The summed E-state index contributed by atoms with van der Waals surface area (Å²) in [5, 5.41) is 22.8. The molecule has 4 N–H and O–H groups in total. The predicted molar refractivity (Wildman–Crippen MR) is 107 cm³/mol. The van der Waals surface area contributed by atoms with Gasteiger partial charge in [0.1, 0.15) is 0 Å². The van der Waals surface area contributed by atoms with Gasteiger partial charge in [0.05, 0.1) is 6.10 Å². The maximum Gasteiger partial charge on any atom is 0.0738 e. The molecule has 2 saturated carbocycles. The third-order valence-electron chi connectivity index (χ3n) is 7.99. The zero-order valence-electron chi connectivity index (χ0n) is 16.8. The second-order valence-corrected chi connectivity index (χ2v) is 9.88. The average molecular weight is 364 g/mol. The van der Waals surface area contributed by atoms with E-state index in [0.717, 1.165) is 19.0 Å². The van der Waals surface area contributed by atoms with Gasteiger partial charge in [-0.25, -0.2) is 0 Å². The Morgan fingerprint density at radius 2 is 1.85 bits per heavy atom. The van der Waals surface area contributed by atoms with Gasteiger partial charge in [-0.1, -0.05) is 19.8 Å². The van der Waals surface area contributed by atoms with Gasteiger partial charge in [0.25, 0.3) is 0 Å². The Morgan fingerprint density at radius 1 is 0.962 bits per heavy atom. The van der Waals surface area contributed by atoms with Gasteiger partial charge in [-0.05, 0) is 88.8 Å². The summed E-state index contributed by atoms with van der Waals surface area (Å²) in [6.07, 6.45) is 13.0. The standard InChI is InChI=1S/C22H41N3O/c1-15-5-2-8-18(13-15)25-20(17-7-3-11-23-14-17)19-10-9-16-6-4-12-24-21(16)22(19)26/h15-26H,2-14H2,1H3. The highest BCUT2D eigenvalue weighted by molar-refractivity contribution is 5.01. The minimum atomic E-state index is -0.172. The van der Waals surface area contributed by atoms with Crippen LogP contribution < -0.4 is 16.0 Å². The highest BCUT2D eigenvalue weighted by atomic mass is 16.3. The largest absolute Gasteiger partial charge is 0.391 e. The molecular weight excluding hydrogens is 322 g/mol. The van der Waals surface area contributed by atoms with Gasteiger partial charge in [-0.3, -0.25) is 0 Å². The van der Waals surface area contributed by atoms with Crippen LogP contribution in [0, 0.1) is 23.7 Å². The summed E-state index contributed by atoms with van der Waals surface area (Å²) in [5.41, 5.74) is 0. The lowest BCUT2D eigenvalue weighted by molar-refractivity contribution is -0.0308. The summed E-state index contributed by atoms with van der Waals surface area (Å²) in [6.45, 7) is 5.80. The number of hydrogen-bond donors (Lipinski definition) is 4. The van der Waals surface area contributed by atoms with E-state index in [9.17, 15) is 5.11 Å². The van der Waals surface area contributed by atoms with Gasteiger partial charge in [0.15, 0.2) is 0 Å². The first-order valence-corrected chi connectivity index (χ1v) is 11.6. The fourth-order valence-corrected chi connectivity index (χ4v) is 6.59. The van der Waals surface area contributed by atoms with Crippen LogP contribution in [0.25, 0.3) is 0 Å². The van der Waals surface area contributed by atoms with Crippen molar-refractivity contribution in [3.63, 3.8) is 0 Å². The van der Waals surface area contributed by atoms with Crippen LogP contribution in [-0.4, -0.2) is 49.0 Å². The van der Waals surface area contributed by atoms with E-state index in [1.165, 1.54) is 70.8 Å². The van der Waals surface area contributed by atoms with Crippen LogP contribution in [0.1, 0.15) is 71.1 Å². The minimum Gasteiger partial charge on any atom is -0.391 e. The van der Waals surface area contributed by atoms with Crippen molar-refractivity contribution in [1.29, 1.82) is 0 Å². The molecule has 0 spiro atoms. The average Bonchev–Trinajstić information content (AvgIpc) is 2.68. The lowest BCUT2D eigenvalue weighted by Gasteiger charge is -2.49. The smallest absolute Gasteiger partial charge is 0.0738 e. The summed E-state index contributed by atoms with van der Waals surface area (Å²) < 4.78 is 0. The van der Waals surface area contributed by atoms with Crippen LogP contribution >= 0.6 is 0 Å². The zero-order chi connectivity index (χ0) is 17.9. The van der Waals surface area contributed by atoms with Crippen LogP contribution in [-0.2, 0) is 0 Å². The first-order chi connectivity index (χ1) is 12.7. The number of nitrogens with one attached hydrogen (secondary N) is 3. The Bertz CT molecular complexity index is 439. The van der Waals surface area contributed by atoms with Crippen molar-refractivity contribution in [2.75, 3.05) is 19.6 Å². The topological polar surface area (TPSA) is 56.3 Å². The van der Waals surface area contributed by atoms with Crippen LogP contribution in [0.5, 0.6) is 0 Å². The molecule has 8 atom stereocenters. The van der Waals surface area contributed by atoms with E-state index in [1.807, 2.05) is 0 Å². The fourth-order valence-electron chi connectivity index (χ4n) is 6.59. The molecule has 26 heavy (non-hydrogen) atoms. The number of aliphatic hydroxyl groups is 1. The summed E-state index contributed by atoms with van der Waals surface area (Å²) in [6, 6.07) is 1.49. The molecule has 4 nitrogen and oxygen atoms in total. The number of piperidine rings is 2. The minimum absolute atomic E-state index is 0.172. The number of rotatable bonds is 4. The SMILES string of the molecule is CC1CCCC(NC(C2CCCNC2)C2CCC3CCCNC3C2O)C1. The monoisotopic (exact) mass is 363 g/mol. The summed E-state index contributed by atoms with van der Waals surface area (Å²) in [7, 11) is 0. The van der Waals surface area contributed by atoms with Crippen molar-refractivity contribution < 1.29 is 5.11 Å². The quantitative estimate of drug-likeness (QED) is 0.620. The highest BCUT2D eigenvalue weighted by Gasteiger charge is 2.45. The molecule has 8 unspecified atom stereocenters. The molecule has 4 fully saturated rings. The van der Waals surface area contributed by atoms with E-state index in [1.54, 1.807) is 0 Å². The molecule has 2 heterocycles. The molecule has 2 aliphatic heterocycles. The van der Waals surface area contributed by atoms with Gasteiger partial charge >= 0.3 is 0 Å². The van der Waals surface area contributed by atoms with Crippen LogP contribution in [0.2, 0.25) is 0 Å². The van der Waals surface area contributed by atoms with Crippen molar-refractivity contribution in [3.05, 3.63) is 0 Å². The molecule has 0 amide bonds. The molecule has 4 rings (SSSR count). The Kier molecular flexibility index (Phi) is 6.56. The number of aliphatic hydroxyl groups excluding tert-OH is 1. The summed E-state index contributed by atoms with van der Waals surface area (Å²) >= 11 is 0. The molecular formula is C22H41N3O. The summed E-state index contributed by atoms with van der Waals surface area (Å²) in [4.78, 5) is 0. The fraction of sp³-hybridized carbons (Fsp3) is 1.00. The van der Waals surface area contributed by atoms with Gasteiger partial charge in [-0.15, -0.1) is 0 Å². The second-order valence-electron chi connectivity index (χ2n) is 9.88. The van der Waals surface area contributed by atoms with Crippen molar-refractivity contribution in [3.8, 4) is 0 Å². The predicted octanol–water partition coefficient (Wildman–Crippen LogP) is 2.66. The Labute approximate surface area is 160 Å². The van der Waals surface area contributed by atoms with Gasteiger partial charge in [0.2, 0.25) is 0 Å². The third kappa shape index (κ3) is 4.29. The van der Waals surface area contributed by atoms with E-state index >= 15 is 0 Å². The van der Waals surface area contributed by atoms with E-state index in [-0.39, 0.29) is 6.10 Å². The molecule has 0 aromatic carbocycles. The molecule has 150 valence electrons. The molecule has 2 aliphatic carbocycles. The maximum absolute atomic E-state index is 11.3. The van der Waals surface area contributed by atoms with Gasteiger partial charge in [0, 0.05) is 24.0 Å². The van der Waals surface area contributed by atoms with E-state index in [0.29, 0.717) is 35.9 Å². The first kappa shape index (κ1) is 19.2. The van der Waals surface area contributed by atoms with Crippen LogP contribution in [0.4, 0.5) is 0 Å². The molecule has 0 aromatic heterocycles. The van der Waals surface area contributed by atoms with E-state index in [2.05, 4.69) is 22.9 Å². The van der Waals surface area contributed by atoms with Crippen LogP contribution in [0.15, 0.2) is 0 Å². The highest BCUT2D eigenvalue weighted by Crippen LogP contribution is 2.39. The maximum atomic E-state index is 11.3. The van der Waals surface area contributed by atoms with E-state index in [4.69, 9.17) is 0 Å². The third-order valence-corrected chi connectivity index (χ3v) is 7.99. The molecule has 4 aliphatic rings. The van der Waals surface area contributed by atoms with Gasteiger partial charge < -0.3 is 21.1 Å². The normalized spacial score (nSPS) is 45.7. The Balaban J connectivity index is 1.47. The molecule has 0 aromatic rings. The van der Waals surface area contributed by atoms with Gasteiger partial charge in [-0.2, -0.15) is 0 Å². The molecule has 4 heteroatoms.